The highest BCUT2D eigenvalue weighted by atomic mass is 35.5. The molecule has 0 spiro atoms. The quantitative estimate of drug-likeness (QED) is 0.372. The number of hydrogen-bond acceptors (Lipinski definition) is 4. The van der Waals surface area contributed by atoms with Crippen molar-refractivity contribution in [3.8, 4) is 22.5 Å². The Kier molecular flexibility index (Phi) is 5.33. The molecule has 0 radical (unpaired) electrons. The smallest absolute Gasteiger partial charge is 0.189 e. The molecule has 4 aromatic rings. The maximum atomic E-state index is 8.26. The number of H-pyrrole nitrogens is 1. The Labute approximate surface area is 178 Å². The number of amidine groups is 1. The molecular weight excluding hydrogens is 400 g/mol. The molecule has 0 aliphatic heterocycles. The lowest BCUT2D eigenvalue weighted by molar-refractivity contribution is 0.534. The largest absolute Gasteiger partial charge is 0.358 e. The van der Waals surface area contributed by atoms with Crippen molar-refractivity contribution in [3.63, 3.8) is 0 Å². The standard InChI is InChI=1S/C21H21ClN8/c1-13(2)30-10-7-15(28-30)14-12-26-18(17(14)16-6-4-5-8-24-16)19(22)27-20(23)21-25-9-11-29(21)3/h4-13,23,26H,1-3H3. The Balaban J connectivity index is 1.82. The van der Waals surface area contributed by atoms with E-state index in [1.165, 1.54) is 0 Å². The van der Waals surface area contributed by atoms with E-state index in [9.17, 15) is 0 Å². The normalized spacial score (nSPS) is 12.0. The van der Waals surface area contributed by atoms with Gasteiger partial charge in [0.25, 0.3) is 0 Å². The third kappa shape index (κ3) is 3.69. The first-order valence-corrected chi connectivity index (χ1v) is 9.82. The summed E-state index contributed by atoms with van der Waals surface area (Å²) >= 11 is 6.57. The van der Waals surface area contributed by atoms with E-state index in [-0.39, 0.29) is 17.0 Å². The van der Waals surface area contributed by atoms with Gasteiger partial charge in [-0.3, -0.25) is 15.1 Å². The Morgan fingerprint density at radius 2 is 1.97 bits per heavy atom. The fourth-order valence-electron chi connectivity index (χ4n) is 3.13. The van der Waals surface area contributed by atoms with Gasteiger partial charge >= 0.3 is 0 Å². The Hall–Kier alpha value is -3.52. The van der Waals surface area contributed by atoms with Crippen LogP contribution in [0.2, 0.25) is 0 Å². The van der Waals surface area contributed by atoms with E-state index in [0.29, 0.717) is 11.5 Å². The third-order valence-corrected chi connectivity index (χ3v) is 4.94. The maximum absolute atomic E-state index is 8.26. The minimum atomic E-state index is -0.0280. The second kappa shape index (κ2) is 8.08. The molecule has 0 amide bonds. The van der Waals surface area contributed by atoms with Crippen LogP contribution >= 0.6 is 11.6 Å². The van der Waals surface area contributed by atoms with Gasteiger partial charge < -0.3 is 9.55 Å². The summed E-state index contributed by atoms with van der Waals surface area (Å²) < 4.78 is 3.62. The number of aryl methyl sites for hydroxylation is 1. The first kappa shape index (κ1) is 19.8. The van der Waals surface area contributed by atoms with Gasteiger partial charge in [0.05, 0.1) is 17.1 Å². The highest BCUT2D eigenvalue weighted by molar-refractivity contribution is 6.70. The van der Waals surface area contributed by atoms with Crippen LogP contribution in [0.5, 0.6) is 0 Å². The summed E-state index contributed by atoms with van der Waals surface area (Å²) in [7, 11) is 1.80. The van der Waals surface area contributed by atoms with Crippen LogP contribution in [0.25, 0.3) is 22.5 Å². The molecule has 30 heavy (non-hydrogen) atoms. The highest BCUT2D eigenvalue weighted by Gasteiger charge is 2.21. The van der Waals surface area contributed by atoms with Crippen LogP contribution in [0, 0.1) is 5.41 Å². The number of nitrogens with one attached hydrogen (secondary N) is 2. The van der Waals surface area contributed by atoms with Crippen LogP contribution in [0.3, 0.4) is 0 Å². The fraction of sp³-hybridized carbons (Fsp3) is 0.190. The Morgan fingerprint density at radius 3 is 2.60 bits per heavy atom. The van der Waals surface area contributed by atoms with Crippen molar-refractivity contribution >= 4 is 22.6 Å². The van der Waals surface area contributed by atoms with Gasteiger partial charge in [0.2, 0.25) is 0 Å². The first-order valence-electron chi connectivity index (χ1n) is 9.44. The number of aromatic amines is 1. The third-order valence-electron chi connectivity index (χ3n) is 4.66. The first-order chi connectivity index (χ1) is 14.5. The van der Waals surface area contributed by atoms with Gasteiger partial charge in [-0.25, -0.2) is 9.98 Å². The van der Waals surface area contributed by atoms with Gasteiger partial charge in [-0.15, -0.1) is 0 Å². The summed E-state index contributed by atoms with van der Waals surface area (Å²) in [5.74, 6) is 0.398. The summed E-state index contributed by atoms with van der Waals surface area (Å²) in [5.41, 5.74) is 3.75. The van der Waals surface area contributed by atoms with Crippen LogP contribution in [-0.2, 0) is 7.05 Å². The number of rotatable bonds is 5. The van der Waals surface area contributed by atoms with E-state index >= 15 is 0 Å². The van der Waals surface area contributed by atoms with Gasteiger partial charge in [-0.2, -0.15) is 5.10 Å². The average Bonchev–Trinajstić information content (AvgIpc) is 3.47. The van der Waals surface area contributed by atoms with E-state index in [1.54, 1.807) is 30.2 Å². The summed E-state index contributed by atoms with van der Waals surface area (Å²) in [5, 5.41) is 13.1. The minimum Gasteiger partial charge on any atom is -0.358 e. The van der Waals surface area contributed by atoms with Gasteiger partial charge in [-0.05, 0) is 32.0 Å². The molecule has 0 fully saturated rings. The molecule has 0 aromatic carbocycles. The maximum Gasteiger partial charge on any atom is 0.189 e. The summed E-state index contributed by atoms with van der Waals surface area (Å²) in [6.45, 7) is 4.15. The second-order valence-electron chi connectivity index (χ2n) is 7.06. The lowest BCUT2D eigenvalue weighted by Crippen LogP contribution is -2.07. The Bertz CT molecular complexity index is 1210. The molecule has 4 heterocycles. The Morgan fingerprint density at radius 1 is 1.13 bits per heavy atom. The van der Waals surface area contributed by atoms with E-state index in [2.05, 4.69) is 38.9 Å². The number of nitrogens with zero attached hydrogens (tertiary/aromatic N) is 6. The SMILES string of the molecule is CC(C)n1ccc(-c2c[nH]c(C(Cl)=NC(=N)c3nccn3C)c2-c2ccccn2)n1. The number of hydrogen-bond donors (Lipinski definition) is 2. The molecule has 8 nitrogen and oxygen atoms in total. The van der Waals surface area contributed by atoms with Crippen molar-refractivity contribution in [2.75, 3.05) is 0 Å². The molecule has 0 saturated carbocycles. The van der Waals surface area contributed by atoms with Gasteiger partial charge in [0.1, 0.15) is 0 Å². The number of aromatic nitrogens is 6. The summed E-state index contributed by atoms with van der Waals surface area (Å²) in [6, 6.07) is 7.88. The van der Waals surface area contributed by atoms with Gasteiger partial charge in [0.15, 0.2) is 16.8 Å². The van der Waals surface area contributed by atoms with Crippen molar-refractivity contribution in [1.29, 1.82) is 5.41 Å². The zero-order valence-electron chi connectivity index (χ0n) is 16.8. The molecular formula is C21H21ClN8. The summed E-state index contributed by atoms with van der Waals surface area (Å²) in [4.78, 5) is 16.1. The predicted molar refractivity (Wildman–Crippen MR) is 118 cm³/mol. The molecule has 0 aliphatic carbocycles. The van der Waals surface area contributed by atoms with Gasteiger partial charge in [-0.1, -0.05) is 17.7 Å². The highest BCUT2D eigenvalue weighted by Crippen LogP contribution is 2.34. The number of aliphatic imine (C=N–C) groups is 1. The number of imidazole rings is 1. The van der Waals surface area contributed by atoms with Crippen LogP contribution in [0.4, 0.5) is 0 Å². The molecule has 0 bridgehead atoms. The van der Waals surface area contributed by atoms with Crippen LogP contribution < -0.4 is 0 Å². The lowest BCUT2D eigenvalue weighted by atomic mass is 10.0. The lowest BCUT2D eigenvalue weighted by Gasteiger charge is -2.07. The van der Waals surface area contributed by atoms with Crippen LogP contribution in [-0.4, -0.2) is 40.3 Å². The van der Waals surface area contributed by atoms with Crippen molar-refractivity contribution < 1.29 is 0 Å². The molecule has 0 atom stereocenters. The van der Waals surface area contributed by atoms with Gasteiger partial charge in [0, 0.05) is 55.2 Å². The van der Waals surface area contributed by atoms with E-state index in [0.717, 1.165) is 22.5 Å². The zero-order chi connectivity index (χ0) is 21.3. The van der Waals surface area contributed by atoms with Crippen molar-refractivity contribution in [2.24, 2.45) is 12.0 Å². The summed E-state index contributed by atoms with van der Waals surface area (Å²) in [6.07, 6.45) is 8.88. The average molecular weight is 421 g/mol. The van der Waals surface area contributed by atoms with E-state index in [4.69, 9.17) is 17.0 Å². The van der Waals surface area contributed by atoms with Crippen molar-refractivity contribution in [3.05, 3.63) is 66.8 Å². The van der Waals surface area contributed by atoms with Crippen LogP contribution in [0.15, 0.2) is 60.2 Å². The van der Waals surface area contributed by atoms with Crippen LogP contribution in [0.1, 0.15) is 31.4 Å². The fourth-order valence-corrected chi connectivity index (χ4v) is 3.37. The number of halogens is 1. The molecule has 9 heteroatoms. The minimum absolute atomic E-state index is 0.0280. The van der Waals surface area contributed by atoms with Crippen molar-refractivity contribution in [1.82, 2.24) is 29.3 Å². The zero-order valence-corrected chi connectivity index (χ0v) is 17.6. The number of pyridine rings is 1. The second-order valence-corrected chi connectivity index (χ2v) is 7.41. The van der Waals surface area contributed by atoms with E-state index in [1.807, 2.05) is 41.3 Å². The predicted octanol–water partition coefficient (Wildman–Crippen LogP) is 4.27. The van der Waals surface area contributed by atoms with Crippen molar-refractivity contribution in [2.45, 2.75) is 19.9 Å². The topological polar surface area (TPSA) is 101 Å². The molecule has 4 rings (SSSR count). The van der Waals surface area contributed by atoms with E-state index < -0.39 is 0 Å². The monoisotopic (exact) mass is 420 g/mol. The molecule has 152 valence electrons. The molecule has 0 aliphatic rings. The molecule has 2 N–H and O–H groups in total. The molecule has 0 saturated heterocycles. The molecule has 0 unspecified atom stereocenters. The molecule has 4 aromatic heterocycles.